The maximum Gasteiger partial charge on any atom is 0.161 e. The van der Waals surface area contributed by atoms with Crippen LogP contribution in [0.5, 0.6) is 0 Å². The molecule has 1 heterocycles. The van der Waals surface area contributed by atoms with Gasteiger partial charge in [0.2, 0.25) is 0 Å². The molecule has 0 fully saturated rings. The Morgan fingerprint density at radius 1 is 1.24 bits per heavy atom. The molecule has 1 unspecified atom stereocenters. The maximum absolute atomic E-state index is 6.15. The molecule has 0 radical (unpaired) electrons. The largest absolute Gasteiger partial charge is 0.366 e. The monoisotopic (exact) mass is 333 g/mol. The summed E-state index contributed by atoms with van der Waals surface area (Å²) in [5, 5.41) is 4.21. The van der Waals surface area contributed by atoms with Crippen LogP contribution in [0.3, 0.4) is 0 Å². The van der Waals surface area contributed by atoms with Gasteiger partial charge in [0.1, 0.15) is 5.82 Å². The lowest BCUT2D eigenvalue weighted by molar-refractivity contribution is 0.295. The van der Waals surface area contributed by atoms with E-state index in [1.165, 1.54) is 0 Å². The molecule has 0 aromatic carbocycles. The van der Waals surface area contributed by atoms with E-state index in [9.17, 15) is 0 Å². The zero-order valence-corrected chi connectivity index (χ0v) is 14.4. The lowest BCUT2D eigenvalue weighted by Crippen LogP contribution is -2.26. The molecule has 5 nitrogen and oxygen atoms in total. The predicted molar refractivity (Wildman–Crippen MR) is 92.2 cm³/mol. The highest BCUT2D eigenvalue weighted by atomic mass is 35.5. The molecule has 0 saturated carbocycles. The van der Waals surface area contributed by atoms with E-state index < -0.39 is 0 Å². The summed E-state index contributed by atoms with van der Waals surface area (Å²) < 4.78 is 0. The van der Waals surface area contributed by atoms with Gasteiger partial charge in [-0.3, -0.25) is 0 Å². The van der Waals surface area contributed by atoms with Gasteiger partial charge < -0.3 is 15.6 Å². The van der Waals surface area contributed by atoms with Gasteiger partial charge in [-0.1, -0.05) is 37.0 Å². The fourth-order valence-corrected chi connectivity index (χ4v) is 2.60. The van der Waals surface area contributed by atoms with Gasteiger partial charge in [-0.15, -0.1) is 0 Å². The number of rotatable bonds is 9. The molecule has 120 valence electrons. The third-order valence-corrected chi connectivity index (χ3v) is 4.03. The minimum Gasteiger partial charge on any atom is -0.366 e. The smallest absolute Gasteiger partial charge is 0.161 e. The fraction of sp³-hybridized carbons (Fsp3) is 0.643. The highest BCUT2D eigenvalue weighted by Gasteiger charge is 2.11. The summed E-state index contributed by atoms with van der Waals surface area (Å²) in [5.74, 6) is 6.39. The number of halogens is 2. The number of hydrogen-bond donors (Lipinski definition) is 3. The average Bonchev–Trinajstić information content (AvgIpc) is 2.46. The molecule has 0 aliphatic heterocycles. The maximum atomic E-state index is 6.15. The number of hydrogen-bond acceptors (Lipinski definition) is 5. The molecule has 7 heteroatoms. The molecule has 1 atom stereocenters. The zero-order chi connectivity index (χ0) is 15.8. The molecule has 0 amide bonds. The van der Waals surface area contributed by atoms with E-state index in [4.69, 9.17) is 29.0 Å². The van der Waals surface area contributed by atoms with Gasteiger partial charge in [-0.25, -0.2) is 10.8 Å². The number of pyridine rings is 1. The summed E-state index contributed by atoms with van der Waals surface area (Å²) in [6.07, 6.45) is 2.17. The number of aromatic nitrogens is 1. The van der Waals surface area contributed by atoms with E-state index in [-0.39, 0.29) is 6.04 Å². The molecule has 21 heavy (non-hydrogen) atoms. The third-order valence-electron chi connectivity index (χ3n) is 3.46. The van der Waals surface area contributed by atoms with E-state index >= 15 is 0 Å². The van der Waals surface area contributed by atoms with E-state index in [0.29, 0.717) is 21.7 Å². The van der Waals surface area contributed by atoms with Crippen molar-refractivity contribution < 1.29 is 0 Å². The molecule has 1 rings (SSSR count). The molecule has 0 aliphatic carbocycles. The Morgan fingerprint density at radius 2 is 1.86 bits per heavy atom. The second-order valence-electron chi connectivity index (χ2n) is 5.01. The van der Waals surface area contributed by atoms with Crippen LogP contribution in [0.15, 0.2) is 6.07 Å². The van der Waals surface area contributed by atoms with Gasteiger partial charge in [0.05, 0.1) is 10.0 Å². The molecular weight excluding hydrogens is 309 g/mol. The van der Waals surface area contributed by atoms with Gasteiger partial charge in [0.15, 0.2) is 5.82 Å². The first-order valence-electron chi connectivity index (χ1n) is 7.33. The Hall–Kier alpha value is -0.750. The number of hydrazine groups is 1. The molecule has 0 bridgehead atoms. The Kier molecular flexibility index (Phi) is 8.11. The number of nitrogens with two attached hydrogens (primary N) is 1. The lowest BCUT2D eigenvalue weighted by Gasteiger charge is -2.20. The van der Waals surface area contributed by atoms with Gasteiger partial charge in [-0.05, 0) is 45.5 Å². The van der Waals surface area contributed by atoms with E-state index in [2.05, 4.69) is 41.4 Å². The summed E-state index contributed by atoms with van der Waals surface area (Å²) in [6, 6.07) is 1.91. The van der Waals surface area contributed by atoms with Crippen LogP contribution in [0.25, 0.3) is 0 Å². The minimum atomic E-state index is 0.275. The second kappa shape index (κ2) is 9.30. The molecule has 0 saturated heterocycles. The van der Waals surface area contributed by atoms with Crippen molar-refractivity contribution >= 4 is 34.8 Å². The van der Waals surface area contributed by atoms with Gasteiger partial charge in [0.25, 0.3) is 0 Å². The predicted octanol–water partition coefficient (Wildman–Crippen LogP) is 3.60. The SMILES string of the molecule is CCN(CC)CCCC(C)Nc1nc(NN)c(Cl)cc1Cl. The van der Waals surface area contributed by atoms with E-state index in [1.807, 2.05) is 0 Å². The highest BCUT2D eigenvalue weighted by Crippen LogP contribution is 2.29. The summed E-state index contributed by atoms with van der Waals surface area (Å²) in [4.78, 5) is 6.70. The Balaban J connectivity index is 2.53. The van der Waals surface area contributed by atoms with Crippen molar-refractivity contribution in [2.45, 2.75) is 39.7 Å². The number of nitrogens with zero attached hydrogens (tertiary/aromatic N) is 2. The first-order valence-corrected chi connectivity index (χ1v) is 8.08. The number of anilines is 2. The van der Waals surface area contributed by atoms with Crippen LogP contribution in [0.4, 0.5) is 11.6 Å². The van der Waals surface area contributed by atoms with Crippen molar-refractivity contribution in [1.29, 1.82) is 0 Å². The van der Waals surface area contributed by atoms with Gasteiger partial charge in [0, 0.05) is 6.04 Å². The fourth-order valence-electron chi connectivity index (χ4n) is 2.14. The standard InChI is InChI=1S/C14H25Cl2N5/c1-4-21(5-2)8-6-7-10(3)18-13-11(15)9-12(16)14(19-13)20-17/h9-10H,4-8,17H2,1-3H3,(H2,18,19,20). The second-order valence-corrected chi connectivity index (χ2v) is 5.82. The molecule has 0 aliphatic rings. The first-order chi connectivity index (χ1) is 10.0. The van der Waals surface area contributed by atoms with Crippen LogP contribution in [-0.2, 0) is 0 Å². The quantitative estimate of drug-likeness (QED) is 0.476. The first kappa shape index (κ1) is 18.3. The topological polar surface area (TPSA) is 66.2 Å². The van der Waals surface area contributed by atoms with Crippen molar-refractivity contribution in [3.63, 3.8) is 0 Å². The molecule has 1 aromatic heterocycles. The van der Waals surface area contributed by atoms with Crippen molar-refractivity contribution in [3.05, 3.63) is 16.1 Å². The molecular formula is C14H25Cl2N5. The van der Waals surface area contributed by atoms with E-state index in [0.717, 1.165) is 32.5 Å². The van der Waals surface area contributed by atoms with Gasteiger partial charge >= 0.3 is 0 Å². The minimum absolute atomic E-state index is 0.275. The molecule has 0 spiro atoms. The van der Waals surface area contributed by atoms with Crippen molar-refractivity contribution in [2.75, 3.05) is 30.4 Å². The summed E-state index contributed by atoms with van der Waals surface area (Å²) >= 11 is 12.1. The highest BCUT2D eigenvalue weighted by molar-refractivity contribution is 6.37. The Morgan fingerprint density at radius 3 is 2.43 bits per heavy atom. The van der Waals surface area contributed by atoms with Crippen LogP contribution in [0.2, 0.25) is 10.0 Å². The summed E-state index contributed by atoms with van der Waals surface area (Å²) in [6.45, 7) is 9.78. The Labute approximate surface area is 137 Å². The number of nitrogens with one attached hydrogen (secondary N) is 2. The van der Waals surface area contributed by atoms with E-state index in [1.54, 1.807) is 6.07 Å². The third kappa shape index (κ3) is 5.87. The van der Waals surface area contributed by atoms with Crippen LogP contribution in [0, 0.1) is 0 Å². The average molecular weight is 334 g/mol. The van der Waals surface area contributed by atoms with Crippen LogP contribution in [0.1, 0.15) is 33.6 Å². The van der Waals surface area contributed by atoms with Crippen LogP contribution < -0.4 is 16.6 Å². The van der Waals surface area contributed by atoms with Crippen LogP contribution in [-0.4, -0.2) is 35.6 Å². The normalized spacial score (nSPS) is 12.5. The molecule has 1 aromatic rings. The summed E-state index contributed by atoms with van der Waals surface area (Å²) in [7, 11) is 0. The van der Waals surface area contributed by atoms with Crippen LogP contribution >= 0.6 is 23.2 Å². The molecule has 4 N–H and O–H groups in total. The Bertz CT molecular complexity index is 438. The summed E-state index contributed by atoms with van der Waals surface area (Å²) in [5.41, 5.74) is 2.46. The van der Waals surface area contributed by atoms with Gasteiger partial charge in [-0.2, -0.15) is 0 Å². The van der Waals surface area contributed by atoms with Crippen molar-refractivity contribution in [1.82, 2.24) is 9.88 Å². The van der Waals surface area contributed by atoms with Crippen molar-refractivity contribution in [2.24, 2.45) is 5.84 Å². The zero-order valence-electron chi connectivity index (χ0n) is 12.9. The number of nitrogen functional groups attached to an aromatic ring is 1. The lowest BCUT2D eigenvalue weighted by atomic mass is 10.1. The van der Waals surface area contributed by atoms with Crippen molar-refractivity contribution in [3.8, 4) is 0 Å².